The summed E-state index contributed by atoms with van der Waals surface area (Å²) in [5.41, 5.74) is 0. The van der Waals surface area contributed by atoms with E-state index in [0.717, 1.165) is 0 Å². The molecule has 0 heterocycles. The van der Waals surface area contributed by atoms with Crippen molar-refractivity contribution in [3.63, 3.8) is 0 Å². The van der Waals surface area contributed by atoms with Gasteiger partial charge in [0.05, 0.1) is 0 Å². The molecule has 0 aliphatic rings. The Morgan fingerprint density at radius 3 is 1.00 bits per heavy atom. The van der Waals surface area contributed by atoms with Crippen molar-refractivity contribution in [3.8, 4) is 0 Å². The van der Waals surface area contributed by atoms with Crippen molar-refractivity contribution in [2.45, 2.75) is 0 Å². The summed E-state index contributed by atoms with van der Waals surface area (Å²) in [6.07, 6.45) is 0. The zero-order valence-corrected chi connectivity index (χ0v) is 12.7. The molecule has 0 unspecified atom stereocenters. The van der Waals surface area contributed by atoms with Crippen LogP contribution >= 0.6 is 0 Å². The molecule has 0 fully saturated rings. The van der Waals surface area contributed by atoms with Crippen LogP contribution in [0.4, 0.5) is 0 Å². The first-order valence-corrected chi connectivity index (χ1v) is 0. The largest absolute Gasteiger partial charge is 0 e. The molecule has 0 bridgehead atoms. The maximum absolute atomic E-state index is 0. The predicted molar refractivity (Wildman–Crippen MR) is 0 cm³/mol. The van der Waals surface area contributed by atoms with E-state index in [1.165, 1.54) is 0 Å². The van der Waals surface area contributed by atoms with Gasteiger partial charge in [-0.1, -0.05) is 0 Å². The molecule has 0 nitrogen and oxygen atoms in total. The van der Waals surface area contributed by atoms with Crippen molar-refractivity contribution < 1.29 is 108 Å². The molecule has 0 aliphatic carbocycles. The standard InChI is InChI=1S/Mn.Mo.Ta.Ti.Zr. The molecule has 0 rings (SSSR count). The van der Waals surface area contributed by atoms with E-state index in [9.17, 15) is 0 Å². The van der Waals surface area contributed by atoms with E-state index in [4.69, 9.17) is 0 Å². The molecule has 0 amide bonds. The van der Waals surface area contributed by atoms with Crippen molar-refractivity contribution in [1.29, 1.82) is 0 Å². The van der Waals surface area contributed by atoms with Crippen LogP contribution in [0.1, 0.15) is 0 Å². The van der Waals surface area contributed by atoms with Gasteiger partial charge in [0, 0.05) is 108 Å². The minimum atomic E-state index is 0. The van der Waals surface area contributed by atoms with Crippen molar-refractivity contribution in [2.75, 3.05) is 0 Å². The molecule has 0 atom stereocenters. The van der Waals surface area contributed by atoms with Crippen LogP contribution in [0, 0.1) is 0 Å². The Balaban J connectivity index is 0. The van der Waals surface area contributed by atoms with E-state index in [2.05, 4.69) is 0 Å². The Morgan fingerprint density at radius 1 is 1.00 bits per heavy atom. The van der Waals surface area contributed by atoms with Gasteiger partial charge in [0.2, 0.25) is 0 Å². The van der Waals surface area contributed by atoms with E-state index < -0.39 is 0 Å². The Labute approximate surface area is 106 Å². The van der Waals surface area contributed by atoms with Gasteiger partial charge < -0.3 is 0 Å². The summed E-state index contributed by atoms with van der Waals surface area (Å²) < 4.78 is 0. The summed E-state index contributed by atoms with van der Waals surface area (Å²) >= 11 is 0. The fraction of sp³-hybridized carbons (Fsp3) is 0. The number of rotatable bonds is 0. The van der Waals surface area contributed by atoms with Gasteiger partial charge in [0.1, 0.15) is 0 Å². The molecule has 0 aliphatic heterocycles. The Bertz CT molecular complexity index is 11.6. The van der Waals surface area contributed by atoms with Gasteiger partial charge in [0.25, 0.3) is 0 Å². The maximum atomic E-state index is 0. The molecule has 0 aromatic rings. The van der Waals surface area contributed by atoms with Crippen molar-refractivity contribution in [3.05, 3.63) is 0 Å². The molecule has 0 aromatic heterocycles. The molecule has 0 spiro atoms. The third-order valence-electron chi connectivity index (χ3n) is 0. The molecule has 0 saturated carbocycles. The SMILES string of the molecule is [Mn].[Mo].[Ta].[Ti].[Zr]. The summed E-state index contributed by atoms with van der Waals surface area (Å²) in [5.74, 6) is 0. The first kappa shape index (κ1) is 38.7. The molecule has 5 heavy (non-hydrogen) atoms. The fourth-order valence-electron chi connectivity index (χ4n) is 0. The van der Waals surface area contributed by atoms with Crippen molar-refractivity contribution >= 4 is 0 Å². The van der Waals surface area contributed by atoms with Crippen LogP contribution in [-0.2, 0) is 108 Å². The van der Waals surface area contributed by atoms with E-state index in [1.54, 1.807) is 0 Å². The van der Waals surface area contributed by atoms with Gasteiger partial charge in [0.15, 0.2) is 0 Å². The molecule has 0 N–H and O–H groups in total. The van der Waals surface area contributed by atoms with E-state index >= 15 is 0 Å². The Kier molecular flexibility index (Phi) is 199. The summed E-state index contributed by atoms with van der Waals surface area (Å²) in [6, 6.07) is 0. The van der Waals surface area contributed by atoms with E-state index in [-0.39, 0.29) is 108 Å². The Hall–Kier alpha value is 3.55. The third-order valence-corrected chi connectivity index (χ3v) is 0. The normalized spacial score (nSPS) is 0. The smallest absolute Gasteiger partial charge is 0 e. The minimum absolute atomic E-state index is 0. The van der Waals surface area contributed by atoms with Crippen LogP contribution in [-0.4, -0.2) is 0 Å². The maximum Gasteiger partial charge on any atom is 0 e. The van der Waals surface area contributed by atoms with Crippen LogP contribution in [0.2, 0.25) is 0 Å². The summed E-state index contributed by atoms with van der Waals surface area (Å²) in [5, 5.41) is 0. The second-order valence-corrected chi connectivity index (χ2v) is 0. The first-order chi connectivity index (χ1) is 0. The summed E-state index contributed by atoms with van der Waals surface area (Å²) in [6.45, 7) is 0. The molecule has 0 saturated heterocycles. The van der Waals surface area contributed by atoms with Gasteiger partial charge in [-0.25, -0.2) is 0 Å². The van der Waals surface area contributed by atoms with Gasteiger partial charge in [-0.05, 0) is 0 Å². The van der Waals surface area contributed by atoms with E-state index in [0.29, 0.717) is 0 Å². The van der Waals surface area contributed by atoms with Gasteiger partial charge in [-0.2, -0.15) is 0 Å². The molecule has 26 valence electrons. The van der Waals surface area contributed by atoms with Gasteiger partial charge in [-0.15, -0.1) is 0 Å². The zero-order chi connectivity index (χ0) is 0. The minimum Gasteiger partial charge on any atom is 0 e. The zero-order valence-electron chi connectivity index (χ0n) is 2.23. The van der Waals surface area contributed by atoms with Crippen LogP contribution in [0.15, 0.2) is 0 Å². The quantitative estimate of drug-likeness (QED) is 0.437. The average Bonchev–Trinajstić information content (AvgIpc) is 0. The topological polar surface area (TPSA) is 0 Å². The second kappa shape index (κ2) is 25.7. The summed E-state index contributed by atoms with van der Waals surface area (Å²) in [4.78, 5) is 0. The molecule has 5 heteroatoms. The van der Waals surface area contributed by atoms with Gasteiger partial charge in [-0.3, -0.25) is 0 Å². The third kappa shape index (κ3) is 18.5. The van der Waals surface area contributed by atoms with Crippen LogP contribution in [0.25, 0.3) is 0 Å². The first-order valence-electron chi connectivity index (χ1n) is 0. The van der Waals surface area contributed by atoms with Crippen LogP contribution in [0.5, 0.6) is 0 Å². The van der Waals surface area contributed by atoms with E-state index in [1.807, 2.05) is 0 Å². The van der Waals surface area contributed by atoms with Crippen molar-refractivity contribution in [1.82, 2.24) is 0 Å². The number of hydrogen-bond acceptors (Lipinski definition) is 0. The predicted octanol–water partition coefficient (Wildman–Crippen LogP) is -0.0125. The molecular formula is MnMoTaTiZr. The van der Waals surface area contributed by atoms with Gasteiger partial charge >= 0.3 is 0 Å². The Morgan fingerprint density at radius 2 is 1.00 bits per heavy atom. The van der Waals surface area contributed by atoms with Crippen LogP contribution in [0.3, 0.4) is 0 Å². The monoisotopic (exact) mass is 472 g/mol. The van der Waals surface area contributed by atoms with Crippen LogP contribution < -0.4 is 0 Å². The molecule has 0 aromatic carbocycles. The molecule has 2 radical (unpaired) electrons. The number of hydrogen-bond donors (Lipinski definition) is 0. The summed E-state index contributed by atoms with van der Waals surface area (Å²) in [7, 11) is 0. The fourth-order valence-corrected chi connectivity index (χ4v) is 0. The second-order valence-electron chi connectivity index (χ2n) is 0. The molecular weight excluding hydrogens is 471 g/mol. The average molecular weight is 471 g/mol. The van der Waals surface area contributed by atoms with Crippen molar-refractivity contribution in [2.24, 2.45) is 0 Å².